The highest BCUT2D eigenvalue weighted by atomic mass is 35.5. The van der Waals surface area contributed by atoms with E-state index in [1.54, 1.807) is 22.8 Å². The Balaban J connectivity index is 1.96. The van der Waals surface area contributed by atoms with E-state index in [-0.39, 0.29) is 11.9 Å². The van der Waals surface area contributed by atoms with Crippen LogP contribution in [0.5, 0.6) is 0 Å². The number of amides is 1. The van der Waals surface area contributed by atoms with Gasteiger partial charge in [-0.15, -0.1) is 0 Å². The summed E-state index contributed by atoms with van der Waals surface area (Å²) in [6, 6.07) is 5.07. The zero-order valence-electron chi connectivity index (χ0n) is 13.6. The molecule has 23 heavy (non-hydrogen) atoms. The molecule has 1 fully saturated rings. The van der Waals surface area contributed by atoms with Gasteiger partial charge in [0.25, 0.3) is 0 Å². The van der Waals surface area contributed by atoms with Crippen LogP contribution in [0.25, 0.3) is 11.1 Å². The van der Waals surface area contributed by atoms with Crippen molar-refractivity contribution in [3.05, 3.63) is 33.8 Å². The molecule has 1 saturated heterocycles. The number of halogens is 1. The van der Waals surface area contributed by atoms with Crippen LogP contribution >= 0.6 is 11.6 Å². The number of oxazole rings is 1. The lowest BCUT2D eigenvalue weighted by molar-refractivity contribution is -0.141. The molecule has 124 valence electrons. The number of carbonyl (C=O) groups excluding carboxylic acids is 1. The molecule has 1 aromatic heterocycles. The van der Waals surface area contributed by atoms with Crippen molar-refractivity contribution < 1.29 is 9.21 Å². The zero-order chi connectivity index (χ0) is 16.8. The van der Waals surface area contributed by atoms with E-state index in [9.17, 15) is 9.59 Å². The second kappa shape index (κ2) is 5.71. The van der Waals surface area contributed by atoms with Crippen molar-refractivity contribution in [1.82, 2.24) is 9.47 Å². The van der Waals surface area contributed by atoms with E-state index in [2.05, 4.69) is 0 Å². The molecule has 0 spiro atoms. The fourth-order valence-corrected chi connectivity index (χ4v) is 3.34. The number of aromatic nitrogens is 1. The molecule has 2 heterocycles. The second-order valence-electron chi connectivity index (χ2n) is 7.15. The van der Waals surface area contributed by atoms with Crippen LogP contribution in [0, 0.1) is 5.41 Å². The van der Waals surface area contributed by atoms with Crippen LogP contribution in [0.1, 0.15) is 39.7 Å². The van der Waals surface area contributed by atoms with Crippen molar-refractivity contribution in [1.29, 1.82) is 0 Å². The summed E-state index contributed by atoms with van der Waals surface area (Å²) in [7, 11) is 0. The molecule has 1 aromatic carbocycles. The number of hydrogen-bond acceptors (Lipinski definition) is 3. The first-order valence-electron chi connectivity index (χ1n) is 7.87. The van der Waals surface area contributed by atoms with Gasteiger partial charge in [-0.2, -0.15) is 0 Å². The topological polar surface area (TPSA) is 55.5 Å². The van der Waals surface area contributed by atoms with Crippen molar-refractivity contribution >= 4 is 28.6 Å². The monoisotopic (exact) mass is 336 g/mol. The predicted molar refractivity (Wildman–Crippen MR) is 89.8 cm³/mol. The van der Waals surface area contributed by atoms with Crippen molar-refractivity contribution in [2.75, 3.05) is 13.1 Å². The van der Waals surface area contributed by atoms with Crippen LogP contribution in [-0.4, -0.2) is 28.5 Å². The highest BCUT2D eigenvalue weighted by Gasteiger charge is 2.32. The van der Waals surface area contributed by atoms with Crippen LogP contribution in [0.15, 0.2) is 27.4 Å². The third-order valence-corrected chi connectivity index (χ3v) is 4.50. The van der Waals surface area contributed by atoms with Crippen LogP contribution in [-0.2, 0) is 4.79 Å². The summed E-state index contributed by atoms with van der Waals surface area (Å²) in [5, 5.41) is 0.561. The van der Waals surface area contributed by atoms with Gasteiger partial charge in [0, 0.05) is 23.5 Å². The Kier molecular flexibility index (Phi) is 4.00. The molecule has 3 rings (SSSR count). The molecule has 1 amide bonds. The lowest BCUT2D eigenvalue weighted by Gasteiger charge is -2.36. The van der Waals surface area contributed by atoms with Crippen molar-refractivity contribution in [3.63, 3.8) is 0 Å². The number of nitrogens with zero attached hydrogens (tertiary/aromatic N) is 2. The Labute approximate surface area is 139 Å². The summed E-state index contributed by atoms with van der Waals surface area (Å²) in [5.41, 5.74) is 0.797. The molecule has 0 aliphatic carbocycles. The largest absolute Gasteiger partial charge is 0.420 e. The smallest absolute Gasteiger partial charge is 0.408 e. The number of piperidine rings is 1. The molecule has 6 heteroatoms. The highest BCUT2D eigenvalue weighted by molar-refractivity contribution is 6.31. The number of likely N-dealkylation sites (tertiary alicyclic amines) is 1. The molecule has 0 saturated carbocycles. The molecule has 0 radical (unpaired) electrons. The standard InChI is InChI=1S/C17H21ClN2O3/c1-17(2,3)15(21)19-8-4-5-12(10-19)20-13-9-11(18)6-7-14(13)23-16(20)22/h6-7,9,12H,4-5,8,10H2,1-3H3/t12-/m1/s1. The molecular weight excluding hydrogens is 316 g/mol. The third-order valence-electron chi connectivity index (χ3n) is 4.26. The van der Waals surface area contributed by atoms with Gasteiger partial charge in [0.2, 0.25) is 5.91 Å². The summed E-state index contributed by atoms with van der Waals surface area (Å²) >= 11 is 6.06. The van der Waals surface area contributed by atoms with Crippen LogP contribution < -0.4 is 5.76 Å². The maximum absolute atomic E-state index is 12.5. The quantitative estimate of drug-likeness (QED) is 0.801. The average molecular weight is 337 g/mol. The second-order valence-corrected chi connectivity index (χ2v) is 7.58. The summed E-state index contributed by atoms with van der Waals surface area (Å²) in [6.07, 6.45) is 1.71. The van der Waals surface area contributed by atoms with Gasteiger partial charge in [0.05, 0.1) is 11.6 Å². The maximum atomic E-state index is 12.5. The summed E-state index contributed by atoms with van der Waals surface area (Å²) < 4.78 is 6.96. The number of rotatable bonds is 1. The van der Waals surface area contributed by atoms with Crippen molar-refractivity contribution in [2.45, 2.75) is 39.7 Å². The van der Waals surface area contributed by atoms with Gasteiger partial charge in [-0.1, -0.05) is 32.4 Å². The first kappa shape index (κ1) is 16.1. The van der Waals surface area contributed by atoms with Gasteiger partial charge in [-0.3, -0.25) is 9.36 Å². The van der Waals surface area contributed by atoms with Crippen LogP contribution in [0.4, 0.5) is 0 Å². The van der Waals surface area contributed by atoms with Crippen molar-refractivity contribution in [2.24, 2.45) is 5.41 Å². The number of fused-ring (bicyclic) bond motifs is 1. The van der Waals surface area contributed by atoms with Gasteiger partial charge >= 0.3 is 5.76 Å². The first-order chi connectivity index (χ1) is 10.8. The van der Waals surface area contributed by atoms with Crippen LogP contribution in [0.3, 0.4) is 0 Å². The molecule has 0 bridgehead atoms. The van der Waals surface area contributed by atoms with E-state index in [1.807, 2.05) is 25.7 Å². The normalized spacial score (nSPS) is 19.3. The molecule has 1 atom stereocenters. The number of hydrogen-bond donors (Lipinski definition) is 0. The Morgan fingerprint density at radius 1 is 1.35 bits per heavy atom. The highest BCUT2D eigenvalue weighted by Crippen LogP contribution is 2.28. The zero-order valence-corrected chi connectivity index (χ0v) is 14.4. The summed E-state index contributed by atoms with van der Waals surface area (Å²) in [6.45, 7) is 7.00. The van der Waals surface area contributed by atoms with Gasteiger partial charge in [0.15, 0.2) is 5.58 Å². The number of benzene rings is 1. The first-order valence-corrected chi connectivity index (χ1v) is 8.25. The van der Waals surface area contributed by atoms with E-state index in [4.69, 9.17) is 16.0 Å². The van der Waals surface area contributed by atoms with E-state index in [1.165, 1.54) is 0 Å². The molecule has 0 unspecified atom stereocenters. The SMILES string of the molecule is CC(C)(C)C(=O)N1CCC[C@@H](n2c(=O)oc3ccc(Cl)cc32)C1. The minimum absolute atomic E-state index is 0.0812. The third kappa shape index (κ3) is 3.02. The Morgan fingerprint density at radius 2 is 2.09 bits per heavy atom. The molecular formula is C17H21ClN2O3. The van der Waals surface area contributed by atoms with E-state index in [0.29, 0.717) is 22.7 Å². The Hall–Kier alpha value is -1.75. The Morgan fingerprint density at radius 3 is 2.78 bits per heavy atom. The van der Waals surface area contributed by atoms with Crippen molar-refractivity contribution in [3.8, 4) is 0 Å². The summed E-state index contributed by atoms with van der Waals surface area (Å²) in [4.78, 5) is 26.7. The van der Waals surface area contributed by atoms with E-state index >= 15 is 0 Å². The predicted octanol–water partition coefficient (Wildman–Crippen LogP) is 3.46. The van der Waals surface area contributed by atoms with Gasteiger partial charge < -0.3 is 9.32 Å². The molecule has 5 nitrogen and oxygen atoms in total. The Bertz CT molecular complexity index is 800. The fourth-order valence-electron chi connectivity index (χ4n) is 3.18. The summed E-state index contributed by atoms with van der Waals surface area (Å²) in [5.74, 6) is -0.279. The molecule has 1 aliphatic rings. The van der Waals surface area contributed by atoms with Gasteiger partial charge in [0.1, 0.15) is 0 Å². The van der Waals surface area contributed by atoms with Gasteiger partial charge in [-0.25, -0.2) is 4.79 Å². The minimum Gasteiger partial charge on any atom is -0.408 e. The van der Waals surface area contributed by atoms with Crippen LogP contribution in [0.2, 0.25) is 5.02 Å². The molecule has 0 N–H and O–H groups in total. The maximum Gasteiger partial charge on any atom is 0.420 e. The number of carbonyl (C=O) groups is 1. The molecule has 1 aliphatic heterocycles. The lowest BCUT2D eigenvalue weighted by Crippen LogP contribution is -2.46. The fraction of sp³-hybridized carbons (Fsp3) is 0.529. The molecule has 2 aromatic rings. The minimum atomic E-state index is -0.422. The lowest BCUT2D eigenvalue weighted by atomic mass is 9.93. The average Bonchev–Trinajstić information content (AvgIpc) is 2.81. The van der Waals surface area contributed by atoms with E-state index in [0.717, 1.165) is 19.4 Å². The van der Waals surface area contributed by atoms with Gasteiger partial charge in [-0.05, 0) is 31.0 Å². The van der Waals surface area contributed by atoms with E-state index < -0.39 is 11.2 Å².